The van der Waals surface area contributed by atoms with Gasteiger partial charge in [-0.1, -0.05) is 0 Å². The van der Waals surface area contributed by atoms with Crippen LogP contribution in [0.1, 0.15) is 18.4 Å². The highest BCUT2D eigenvalue weighted by molar-refractivity contribution is 5.67. The predicted octanol–water partition coefficient (Wildman–Crippen LogP) is 1.59. The molecular weight excluding hydrogens is 262 g/mol. The molecule has 1 N–H and O–H groups in total. The summed E-state index contributed by atoms with van der Waals surface area (Å²) in [5, 5.41) is 17.5. The van der Waals surface area contributed by atoms with Crippen LogP contribution >= 0.6 is 0 Å². The molecule has 1 heterocycles. The van der Waals surface area contributed by atoms with E-state index in [4.69, 9.17) is 4.74 Å². The van der Waals surface area contributed by atoms with Crippen LogP contribution < -0.4 is 10.6 Å². The van der Waals surface area contributed by atoms with Crippen molar-refractivity contribution in [3.63, 3.8) is 0 Å². The van der Waals surface area contributed by atoms with Crippen molar-refractivity contribution in [1.29, 1.82) is 0 Å². The number of benzene rings is 1. The van der Waals surface area contributed by atoms with Gasteiger partial charge in [0.15, 0.2) is 0 Å². The van der Waals surface area contributed by atoms with Crippen molar-refractivity contribution in [2.45, 2.75) is 25.5 Å². The van der Waals surface area contributed by atoms with E-state index in [2.05, 4.69) is 10.6 Å². The minimum atomic E-state index is -0.467. The summed E-state index contributed by atoms with van der Waals surface area (Å²) in [5.74, 6) is 0. The third kappa shape index (κ3) is 4.20. The lowest BCUT2D eigenvalue weighted by Gasteiger charge is -2.22. The van der Waals surface area contributed by atoms with E-state index < -0.39 is 11.0 Å². The molecule has 0 aromatic heterocycles. The molecule has 1 amide bonds. The number of nitrogens with zero attached hydrogens (tertiary/aromatic N) is 2. The Balaban J connectivity index is 1.76. The molecule has 1 aromatic carbocycles. The fourth-order valence-corrected chi connectivity index (χ4v) is 1.97. The summed E-state index contributed by atoms with van der Waals surface area (Å²) in [6, 6.07) is 6.05. The number of nitro benzene ring substituents is 1. The molecule has 1 saturated heterocycles. The molecule has 7 nitrogen and oxygen atoms in total. The average molecular weight is 278 g/mol. The summed E-state index contributed by atoms with van der Waals surface area (Å²) in [6.07, 6.45) is 1.22. The van der Waals surface area contributed by atoms with Crippen LogP contribution in [-0.4, -0.2) is 30.1 Å². The lowest BCUT2D eigenvalue weighted by molar-refractivity contribution is -0.384. The van der Waals surface area contributed by atoms with Gasteiger partial charge in [-0.2, -0.15) is 0 Å². The molecular formula is C13H16N3O4. The monoisotopic (exact) mass is 278 g/mol. The van der Waals surface area contributed by atoms with E-state index in [0.29, 0.717) is 5.56 Å². The number of hydrogen-bond acceptors (Lipinski definition) is 4. The summed E-state index contributed by atoms with van der Waals surface area (Å²) in [6.45, 7) is 1.64. The highest BCUT2D eigenvalue weighted by Gasteiger charge is 2.16. The van der Waals surface area contributed by atoms with Crippen LogP contribution in [0.3, 0.4) is 0 Å². The van der Waals surface area contributed by atoms with Gasteiger partial charge < -0.3 is 10.1 Å². The molecule has 7 heteroatoms. The molecule has 2 rings (SSSR count). The Bertz CT molecular complexity index is 469. The fourth-order valence-electron chi connectivity index (χ4n) is 1.97. The number of ether oxygens (including phenoxy) is 1. The quantitative estimate of drug-likeness (QED) is 0.668. The number of carbonyl (C=O) groups excluding carboxylic acids is 1. The maximum absolute atomic E-state index is 11.6. The smallest absolute Gasteiger partial charge is 0.407 e. The Hall–Kier alpha value is -2.15. The van der Waals surface area contributed by atoms with Crippen LogP contribution in [0, 0.1) is 10.1 Å². The van der Waals surface area contributed by atoms with Gasteiger partial charge in [0, 0.05) is 31.3 Å². The molecule has 1 radical (unpaired) electrons. The molecule has 0 spiro atoms. The van der Waals surface area contributed by atoms with Gasteiger partial charge in [-0.05, 0) is 30.5 Å². The number of alkyl carbamates (subject to hydrolysis) is 1. The molecule has 0 unspecified atom stereocenters. The Kier molecular flexibility index (Phi) is 4.89. The lowest BCUT2D eigenvalue weighted by atomic mass is 10.1. The van der Waals surface area contributed by atoms with E-state index in [0.717, 1.165) is 25.9 Å². The van der Waals surface area contributed by atoms with Crippen molar-refractivity contribution in [1.82, 2.24) is 10.6 Å². The summed E-state index contributed by atoms with van der Waals surface area (Å²) in [5.41, 5.74) is 0.730. The number of carbonyl (C=O) groups is 1. The van der Waals surface area contributed by atoms with Crippen molar-refractivity contribution < 1.29 is 14.5 Å². The van der Waals surface area contributed by atoms with Crippen molar-refractivity contribution in [2.75, 3.05) is 13.1 Å². The number of nitro groups is 1. The van der Waals surface area contributed by atoms with E-state index in [1.807, 2.05) is 0 Å². The zero-order chi connectivity index (χ0) is 14.4. The number of piperidine rings is 1. The molecule has 1 aliphatic rings. The largest absolute Gasteiger partial charge is 0.445 e. The molecule has 1 aliphatic heterocycles. The first kappa shape index (κ1) is 14.3. The van der Waals surface area contributed by atoms with Gasteiger partial charge in [-0.15, -0.1) is 0 Å². The molecule has 1 aromatic rings. The number of hydrogen-bond donors (Lipinski definition) is 1. The minimum Gasteiger partial charge on any atom is -0.445 e. The number of rotatable bonds is 4. The first-order valence-corrected chi connectivity index (χ1v) is 6.45. The van der Waals surface area contributed by atoms with Crippen molar-refractivity contribution >= 4 is 11.8 Å². The molecule has 0 saturated carbocycles. The summed E-state index contributed by atoms with van der Waals surface area (Å²) >= 11 is 0. The zero-order valence-electron chi connectivity index (χ0n) is 10.9. The Morgan fingerprint density at radius 2 is 2.00 bits per heavy atom. The van der Waals surface area contributed by atoms with Crippen molar-refractivity contribution in [3.05, 3.63) is 39.9 Å². The lowest BCUT2D eigenvalue weighted by Crippen LogP contribution is -2.41. The molecule has 1 fully saturated rings. The van der Waals surface area contributed by atoms with Crippen molar-refractivity contribution in [3.8, 4) is 0 Å². The van der Waals surface area contributed by atoms with Gasteiger partial charge in [-0.3, -0.25) is 10.1 Å². The van der Waals surface area contributed by atoms with E-state index in [9.17, 15) is 14.9 Å². The van der Waals surface area contributed by atoms with Crippen LogP contribution in [0.2, 0.25) is 0 Å². The molecule has 0 aliphatic carbocycles. The topological polar surface area (TPSA) is 95.6 Å². The second kappa shape index (κ2) is 6.85. The molecule has 0 atom stereocenters. The first-order chi connectivity index (χ1) is 9.65. The normalized spacial score (nSPS) is 15.6. The summed E-state index contributed by atoms with van der Waals surface area (Å²) in [4.78, 5) is 21.6. The Morgan fingerprint density at radius 3 is 2.60 bits per heavy atom. The van der Waals surface area contributed by atoms with Crippen molar-refractivity contribution in [2.24, 2.45) is 0 Å². The Morgan fingerprint density at radius 1 is 1.35 bits per heavy atom. The number of amides is 1. The minimum absolute atomic E-state index is 0.0177. The van der Waals surface area contributed by atoms with Crippen LogP contribution in [0.4, 0.5) is 10.5 Å². The average Bonchev–Trinajstić information content (AvgIpc) is 2.46. The third-order valence-corrected chi connectivity index (χ3v) is 3.11. The van der Waals surface area contributed by atoms with E-state index in [1.54, 1.807) is 12.1 Å². The highest BCUT2D eigenvalue weighted by Crippen LogP contribution is 2.12. The molecule has 0 bridgehead atoms. The van der Waals surface area contributed by atoms with E-state index in [1.165, 1.54) is 12.1 Å². The maximum Gasteiger partial charge on any atom is 0.407 e. The zero-order valence-corrected chi connectivity index (χ0v) is 10.9. The molecule has 107 valence electrons. The highest BCUT2D eigenvalue weighted by atomic mass is 16.6. The van der Waals surface area contributed by atoms with Gasteiger partial charge in [0.25, 0.3) is 5.69 Å². The van der Waals surface area contributed by atoms with Gasteiger partial charge in [0.1, 0.15) is 6.61 Å². The number of nitrogens with one attached hydrogen (secondary N) is 1. The summed E-state index contributed by atoms with van der Waals surface area (Å²) in [7, 11) is 0. The van der Waals surface area contributed by atoms with E-state index in [-0.39, 0.29) is 18.3 Å². The SMILES string of the molecule is O=C(NC1CC[N]CC1)OCc1ccc([N+](=O)[O-])cc1. The van der Waals surface area contributed by atoms with Crippen LogP contribution in [0.25, 0.3) is 0 Å². The maximum atomic E-state index is 11.6. The standard InChI is InChI=1S/C13H16N3O4/c17-13(15-11-5-7-14-8-6-11)20-9-10-1-3-12(4-2-10)16(18)19/h1-4,11H,5-9H2,(H,15,17). The van der Waals surface area contributed by atoms with Gasteiger partial charge in [-0.25, -0.2) is 10.1 Å². The van der Waals surface area contributed by atoms with Gasteiger partial charge >= 0.3 is 6.09 Å². The summed E-state index contributed by atoms with van der Waals surface area (Å²) < 4.78 is 5.08. The van der Waals surface area contributed by atoms with Crippen LogP contribution in [0.15, 0.2) is 24.3 Å². The van der Waals surface area contributed by atoms with Gasteiger partial charge in [0.2, 0.25) is 0 Å². The second-order valence-electron chi connectivity index (χ2n) is 4.59. The molecule has 20 heavy (non-hydrogen) atoms. The third-order valence-electron chi connectivity index (χ3n) is 3.11. The van der Waals surface area contributed by atoms with Crippen LogP contribution in [-0.2, 0) is 11.3 Å². The Labute approximate surface area is 116 Å². The van der Waals surface area contributed by atoms with Gasteiger partial charge in [0.05, 0.1) is 4.92 Å². The number of non-ortho nitro benzene ring substituents is 1. The predicted molar refractivity (Wildman–Crippen MR) is 71.3 cm³/mol. The van der Waals surface area contributed by atoms with Crippen LogP contribution in [0.5, 0.6) is 0 Å². The second-order valence-corrected chi connectivity index (χ2v) is 4.59. The van der Waals surface area contributed by atoms with E-state index >= 15 is 0 Å². The first-order valence-electron chi connectivity index (χ1n) is 6.45. The fraction of sp³-hybridized carbons (Fsp3) is 0.462.